The molecule has 0 aromatic heterocycles. The largest absolute Gasteiger partial charge is 0.315 e. The second-order valence-electron chi connectivity index (χ2n) is 2.71. The van der Waals surface area contributed by atoms with Crippen LogP contribution in [0.1, 0.15) is 13.3 Å². The van der Waals surface area contributed by atoms with Gasteiger partial charge in [0.15, 0.2) is 0 Å². The number of hydrogen-bond acceptors (Lipinski definition) is 3. The molecule has 2 N–H and O–H groups in total. The molecule has 1 heterocycles. The van der Waals surface area contributed by atoms with E-state index >= 15 is 0 Å². The van der Waals surface area contributed by atoms with Crippen molar-refractivity contribution >= 4 is 10.0 Å². The Bertz CT molecular complexity index is 207. The summed E-state index contributed by atoms with van der Waals surface area (Å²) in [5.41, 5.74) is 0. The third-order valence-corrected chi connectivity index (χ3v) is 3.24. The van der Waals surface area contributed by atoms with Crippen molar-refractivity contribution in [3.63, 3.8) is 0 Å². The molecule has 0 radical (unpaired) electrons. The first-order chi connectivity index (χ1) is 5.14. The monoisotopic (exact) mass is 178 g/mol. The maximum atomic E-state index is 11.0. The summed E-state index contributed by atoms with van der Waals surface area (Å²) in [6.45, 7) is 3.32. The molecular weight excluding hydrogens is 164 g/mol. The van der Waals surface area contributed by atoms with Crippen molar-refractivity contribution in [2.45, 2.75) is 19.4 Å². The molecule has 0 aromatic rings. The Morgan fingerprint density at radius 3 is 2.82 bits per heavy atom. The van der Waals surface area contributed by atoms with E-state index in [2.05, 4.69) is 10.0 Å². The lowest BCUT2D eigenvalue weighted by molar-refractivity contribution is 0.561. The predicted molar refractivity (Wildman–Crippen MR) is 43.9 cm³/mol. The standard InChI is InChI=1S/C6H14N2O2S/c1-2-11(9,10)8-6-3-4-7-5-6/h6-8H,2-5H2,1H3/t6-/m0/s1. The molecule has 1 aliphatic heterocycles. The minimum absolute atomic E-state index is 0.111. The summed E-state index contributed by atoms with van der Waals surface area (Å²) in [6, 6.07) is 0.111. The summed E-state index contributed by atoms with van der Waals surface area (Å²) in [5, 5.41) is 3.09. The minimum Gasteiger partial charge on any atom is -0.315 e. The van der Waals surface area contributed by atoms with Gasteiger partial charge in [0.25, 0.3) is 0 Å². The van der Waals surface area contributed by atoms with Crippen LogP contribution in [-0.4, -0.2) is 33.3 Å². The first kappa shape index (κ1) is 8.96. The molecular formula is C6H14N2O2S. The van der Waals surface area contributed by atoms with E-state index in [1.807, 2.05) is 0 Å². The minimum atomic E-state index is -2.99. The van der Waals surface area contributed by atoms with Crippen LogP contribution in [0, 0.1) is 0 Å². The maximum absolute atomic E-state index is 11.0. The fourth-order valence-electron chi connectivity index (χ4n) is 1.09. The first-order valence-corrected chi connectivity index (χ1v) is 5.50. The lowest BCUT2D eigenvalue weighted by Crippen LogP contribution is -2.37. The van der Waals surface area contributed by atoms with Gasteiger partial charge in [-0.2, -0.15) is 0 Å². The number of nitrogens with one attached hydrogen (secondary N) is 2. The highest BCUT2D eigenvalue weighted by atomic mass is 32.2. The van der Waals surface area contributed by atoms with Gasteiger partial charge in [-0.05, 0) is 19.9 Å². The summed E-state index contributed by atoms with van der Waals surface area (Å²) in [7, 11) is -2.99. The zero-order chi connectivity index (χ0) is 8.32. The van der Waals surface area contributed by atoms with Crippen LogP contribution in [0.5, 0.6) is 0 Å². The molecule has 0 aromatic carbocycles. The molecule has 0 aliphatic carbocycles. The van der Waals surface area contributed by atoms with E-state index in [0.717, 1.165) is 19.5 Å². The summed E-state index contributed by atoms with van der Waals surface area (Å²) in [5.74, 6) is 0.170. The van der Waals surface area contributed by atoms with Gasteiger partial charge in [-0.15, -0.1) is 0 Å². The highest BCUT2D eigenvalue weighted by Crippen LogP contribution is 1.99. The SMILES string of the molecule is CCS(=O)(=O)N[C@H]1CCNC1. The van der Waals surface area contributed by atoms with Crippen LogP contribution in [0.4, 0.5) is 0 Å². The fourth-order valence-corrected chi connectivity index (χ4v) is 1.97. The Balaban J connectivity index is 2.41. The van der Waals surface area contributed by atoms with E-state index in [1.165, 1.54) is 0 Å². The van der Waals surface area contributed by atoms with Crippen LogP contribution >= 0.6 is 0 Å². The van der Waals surface area contributed by atoms with Crippen molar-refractivity contribution in [3.8, 4) is 0 Å². The zero-order valence-electron chi connectivity index (χ0n) is 6.63. The predicted octanol–water partition coefficient (Wildman–Crippen LogP) is -0.712. The van der Waals surface area contributed by atoms with E-state index < -0.39 is 10.0 Å². The van der Waals surface area contributed by atoms with Gasteiger partial charge in [0.05, 0.1) is 5.75 Å². The third kappa shape index (κ3) is 2.76. The van der Waals surface area contributed by atoms with Crippen molar-refractivity contribution in [2.75, 3.05) is 18.8 Å². The third-order valence-electron chi connectivity index (χ3n) is 1.79. The van der Waals surface area contributed by atoms with Crippen molar-refractivity contribution < 1.29 is 8.42 Å². The van der Waals surface area contributed by atoms with Crippen molar-refractivity contribution in [1.29, 1.82) is 0 Å². The van der Waals surface area contributed by atoms with Crippen LogP contribution in [-0.2, 0) is 10.0 Å². The second kappa shape index (κ2) is 3.51. The van der Waals surface area contributed by atoms with Gasteiger partial charge in [-0.25, -0.2) is 13.1 Å². The fraction of sp³-hybridized carbons (Fsp3) is 1.00. The summed E-state index contributed by atoms with van der Waals surface area (Å²) >= 11 is 0. The Morgan fingerprint density at radius 2 is 2.36 bits per heavy atom. The lowest BCUT2D eigenvalue weighted by atomic mass is 10.3. The molecule has 11 heavy (non-hydrogen) atoms. The van der Waals surface area contributed by atoms with Crippen LogP contribution in [0.15, 0.2) is 0 Å². The van der Waals surface area contributed by atoms with E-state index in [1.54, 1.807) is 6.92 Å². The van der Waals surface area contributed by atoms with Gasteiger partial charge in [0.1, 0.15) is 0 Å². The van der Waals surface area contributed by atoms with Crippen molar-refractivity contribution in [2.24, 2.45) is 0 Å². The van der Waals surface area contributed by atoms with Gasteiger partial charge in [0.2, 0.25) is 10.0 Å². The van der Waals surface area contributed by atoms with Crippen LogP contribution in [0.3, 0.4) is 0 Å². The van der Waals surface area contributed by atoms with E-state index in [9.17, 15) is 8.42 Å². The van der Waals surface area contributed by atoms with E-state index in [4.69, 9.17) is 0 Å². The molecule has 1 fully saturated rings. The molecule has 0 saturated carbocycles. The molecule has 5 heteroatoms. The van der Waals surface area contributed by atoms with Crippen LogP contribution < -0.4 is 10.0 Å². The molecule has 1 rings (SSSR count). The maximum Gasteiger partial charge on any atom is 0.211 e. The molecule has 66 valence electrons. The molecule has 0 amide bonds. The number of sulfonamides is 1. The lowest BCUT2D eigenvalue weighted by Gasteiger charge is -2.09. The number of rotatable bonds is 3. The van der Waals surface area contributed by atoms with Gasteiger partial charge < -0.3 is 5.32 Å². The van der Waals surface area contributed by atoms with Gasteiger partial charge in [-0.1, -0.05) is 0 Å². The molecule has 0 unspecified atom stereocenters. The molecule has 4 nitrogen and oxygen atoms in total. The smallest absolute Gasteiger partial charge is 0.211 e. The van der Waals surface area contributed by atoms with Crippen molar-refractivity contribution in [1.82, 2.24) is 10.0 Å². The molecule has 0 bridgehead atoms. The topological polar surface area (TPSA) is 58.2 Å². The van der Waals surface area contributed by atoms with E-state index in [0.29, 0.717) is 0 Å². The zero-order valence-corrected chi connectivity index (χ0v) is 7.45. The summed E-state index contributed by atoms with van der Waals surface area (Å²) in [6.07, 6.45) is 0.902. The average Bonchev–Trinajstić information content (AvgIpc) is 2.39. The quantitative estimate of drug-likeness (QED) is 0.600. The van der Waals surface area contributed by atoms with Crippen molar-refractivity contribution in [3.05, 3.63) is 0 Å². The van der Waals surface area contributed by atoms with Gasteiger partial charge in [-0.3, -0.25) is 0 Å². The Kier molecular flexibility index (Phi) is 2.86. The highest BCUT2D eigenvalue weighted by molar-refractivity contribution is 7.89. The number of hydrogen-bond donors (Lipinski definition) is 2. The van der Waals surface area contributed by atoms with Gasteiger partial charge >= 0.3 is 0 Å². The summed E-state index contributed by atoms with van der Waals surface area (Å²) < 4.78 is 24.6. The Hall–Kier alpha value is -0.130. The molecule has 1 atom stereocenters. The van der Waals surface area contributed by atoms with Crippen LogP contribution in [0.25, 0.3) is 0 Å². The molecule has 1 saturated heterocycles. The highest BCUT2D eigenvalue weighted by Gasteiger charge is 2.18. The van der Waals surface area contributed by atoms with E-state index in [-0.39, 0.29) is 11.8 Å². The average molecular weight is 178 g/mol. The molecule has 0 spiro atoms. The Labute approximate surface area is 67.4 Å². The van der Waals surface area contributed by atoms with Gasteiger partial charge in [0, 0.05) is 12.6 Å². The summed E-state index contributed by atoms with van der Waals surface area (Å²) in [4.78, 5) is 0. The second-order valence-corrected chi connectivity index (χ2v) is 4.75. The van der Waals surface area contributed by atoms with Crippen LogP contribution in [0.2, 0.25) is 0 Å². The Morgan fingerprint density at radius 1 is 1.64 bits per heavy atom. The normalized spacial score (nSPS) is 25.7. The first-order valence-electron chi connectivity index (χ1n) is 3.85. The molecule has 1 aliphatic rings.